The van der Waals surface area contributed by atoms with E-state index >= 15 is 0 Å². The number of nitrogens with one attached hydrogen (secondary N) is 1. The molecule has 2 aliphatic carbocycles. The molecule has 1 N–H and O–H groups in total. The lowest BCUT2D eigenvalue weighted by Gasteiger charge is -2.15. The van der Waals surface area contributed by atoms with Crippen LogP contribution in [-0.4, -0.2) is 42.6 Å². The van der Waals surface area contributed by atoms with E-state index in [9.17, 15) is 13.2 Å². The number of amides is 1. The molecule has 1 unspecified atom stereocenters. The van der Waals surface area contributed by atoms with E-state index in [1.165, 1.54) is 0 Å². The molecule has 0 radical (unpaired) electrons. The van der Waals surface area contributed by atoms with E-state index in [0.29, 0.717) is 29.5 Å². The summed E-state index contributed by atoms with van der Waals surface area (Å²) < 4.78 is 33.1. The van der Waals surface area contributed by atoms with Crippen LogP contribution in [0.5, 0.6) is 0 Å². The average Bonchev–Trinajstić information content (AvgIpc) is 3.67. The van der Waals surface area contributed by atoms with E-state index in [2.05, 4.69) is 10.4 Å². The standard InChI is InChI=1S/C23H27N3O4S/c1-26-10-8-22(25-26)24-23(27)20(12-15-9-11-30-14-15)17-4-7-21(19(13-17)16-2-3-16)31(28,29)18-5-6-18/h4,7-8,10,12-13,15-16,18H,2-3,5-6,9,11,14H2,1H3,(H,24,25,27)/b20-12+. The Labute approximate surface area is 182 Å². The Morgan fingerprint density at radius 3 is 2.61 bits per heavy atom. The summed E-state index contributed by atoms with van der Waals surface area (Å²) in [5.74, 6) is 0.656. The van der Waals surface area contributed by atoms with Crippen LogP contribution in [0.15, 0.2) is 41.4 Å². The molecule has 1 amide bonds. The Morgan fingerprint density at radius 2 is 2.00 bits per heavy atom. The number of hydrogen-bond acceptors (Lipinski definition) is 5. The smallest absolute Gasteiger partial charge is 0.257 e. The van der Waals surface area contributed by atoms with Gasteiger partial charge < -0.3 is 10.1 Å². The van der Waals surface area contributed by atoms with Crippen LogP contribution in [0.3, 0.4) is 0 Å². The molecule has 1 aromatic carbocycles. The van der Waals surface area contributed by atoms with Crippen LogP contribution < -0.4 is 5.32 Å². The molecule has 1 saturated heterocycles. The molecular weight excluding hydrogens is 414 g/mol. The number of aryl methyl sites for hydroxylation is 1. The molecule has 0 bridgehead atoms. The van der Waals surface area contributed by atoms with Gasteiger partial charge in [0.2, 0.25) is 0 Å². The van der Waals surface area contributed by atoms with E-state index in [1.807, 2.05) is 12.1 Å². The van der Waals surface area contributed by atoms with Gasteiger partial charge in [-0.05, 0) is 61.3 Å². The minimum atomic E-state index is -3.29. The summed E-state index contributed by atoms with van der Waals surface area (Å²) in [5, 5.41) is 6.87. The largest absolute Gasteiger partial charge is 0.381 e. The molecule has 2 heterocycles. The zero-order chi connectivity index (χ0) is 21.6. The average molecular weight is 442 g/mol. The van der Waals surface area contributed by atoms with Crippen molar-refractivity contribution in [3.05, 3.63) is 47.7 Å². The van der Waals surface area contributed by atoms with Crippen molar-refractivity contribution in [2.75, 3.05) is 18.5 Å². The van der Waals surface area contributed by atoms with E-state index < -0.39 is 9.84 Å². The Bertz CT molecular complexity index is 1140. The van der Waals surface area contributed by atoms with E-state index in [-0.39, 0.29) is 23.0 Å². The highest BCUT2D eigenvalue weighted by atomic mass is 32.2. The maximum absolute atomic E-state index is 13.2. The first kappa shape index (κ1) is 20.5. The summed E-state index contributed by atoms with van der Waals surface area (Å²) in [6.07, 6.45) is 8.07. The van der Waals surface area contributed by atoms with Crippen molar-refractivity contribution in [1.82, 2.24) is 9.78 Å². The van der Waals surface area contributed by atoms with Crippen molar-refractivity contribution in [3.63, 3.8) is 0 Å². The molecule has 164 valence electrons. The van der Waals surface area contributed by atoms with Gasteiger partial charge in [0.1, 0.15) is 0 Å². The van der Waals surface area contributed by atoms with Crippen molar-refractivity contribution in [2.24, 2.45) is 13.0 Å². The predicted octanol–water partition coefficient (Wildman–Crippen LogP) is 3.29. The van der Waals surface area contributed by atoms with E-state index in [4.69, 9.17) is 4.74 Å². The van der Waals surface area contributed by atoms with Gasteiger partial charge >= 0.3 is 0 Å². The summed E-state index contributed by atoms with van der Waals surface area (Å²) in [6.45, 7) is 1.27. The molecule has 2 saturated carbocycles. The number of hydrogen-bond donors (Lipinski definition) is 1. The molecule has 7 nitrogen and oxygen atoms in total. The highest BCUT2D eigenvalue weighted by molar-refractivity contribution is 7.92. The number of carbonyl (C=O) groups excluding carboxylic acids is 1. The van der Waals surface area contributed by atoms with Gasteiger partial charge in [-0.2, -0.15) is 5.10 Å². The summed E-state index contributed by atoms with van der Waals surface area (Å²) >= 11 is 0. The molecular formula is C23H27N3O4S. The number of nitrogens with zero attached hydrogens (tertiary/aromatic N) is 2. The van der Waals surface area contributed by atoms with Gasteiger partial charge in [0.05, 0.1) is 16.8 Å². The van der Waals surface area contributed by atoms with Crippen molar-refractivity contribution >= 4 is 27.1 Å². The maximum atomic E-state index is 13.2. The van der Waals surface area contributed by atoms with E-state index in [0.717, 1.165) is 43.2 Å². The van der Waals surface area contributed by atoms with Crippen molar-refractivity contribution in [2.45, 2.75) is 48.2 Å². The molecule has 0 spiro atoms. The predicted molar refractivity (Wildman–Crippen MR) is 117 cm³/mol. The van der Waals surface area contributed by atoms with Crippen LogP contribution >= 0.6 is 0 Å². The van der Waals surface area contributed by atoms with Crippen molar-refractivity contribution in [1.29, 1.82) is 0 Å². The fourth-order valence-electron chi connectivity index (χ4n) is 4.13. The second kappa shape index (κ2) is 7.91. The number of benzene rings is 1. The maximum Gasteiger partial charge on any atom is 0.257 e. The normalized spacial score (nSPS) is 22.0. The molecule has 3 fully saturated rings. The van der Waals surface area contributed by atoms with Gasteiger partial charge in [-0.1, -0.05) is 12.1 Å². The first-order valence-electron chi connectivity index (χ1n) is 10.9. The van der Waals surface area contributed by atoms with Crippen LogP contribution in [0.1, 0.15) is 49.1 Å². The van der Waals surface area contributed by atoms with Crippen LogP contribution in [0.4, 0.5) is 5.82 Å². The van der Waals surface area contributed by atoms with Gasteiger partial charge in [-0.15, -0.1) is 0 Å². The first-order valence-corrected chi connectivity index (χ1v) is 12.5. The van der Waals surface area contributed by atoms with Crippen LogP contribution in [-0.2, 0) is 26.4 Å². The van der Waals surface area contributed by atoms with E-state index in [1.54, 1.807) is 36.1 Å². The first-order chi connectivity index (χ1) is 14.9. The number of rotatable bonds is 7. The quantitative estimate of drug-likeness (QED) is 0.666. The second-order valence-electron chi connectivity index (χ2n) is 8.80. The van der Waals surface area contributed by atoms with Gasteiger partial charge in [0.15, 0.2) is 15.7 Å². The number of ether oxygens (including phenoxy) is 1. The Hall–Kier alpha value is -2.45. The highest BCUT2D eigenvalue weighted by Crippen LogP contribution is 2.46. The zero-order valence-corrected chi connectivity index (χ0v) is 18.4. The van der Waals surface area contributed by atoms with Crippen LogP contribution in [0, 0.1) is 5.92 Å². The zero-order valence-electron chi connectivity index (χ0n) is 17.6. The number of sulfone groups is 1. The fourth-order valence-corrected chi connectivity index (χ4v) is 6.06. The number of aromatic nitrogens is 2. The van der Waals surface area contributed by atoms with Crippen LogP contribution in [0.2, 0.25) is 0 Å². The summed E-state index contributed by atoms with van der Waals surface area (Å²) in [7, 11) is -1.49. The van der Waals surface area contributed by atoms with Gasteiger partial charge in [-0.3, -0.25) is 9.48 Å². The molecule has 1 atom stereocenters. The molecule has 1 aromatic heterocycles. The lowest BCUT2D eigenvalue weighted by Crippen LogP contribution is -2.16. The van der Waals surface area contributed by atoms with Gasteiger partial charge in [-0.25, -0.2) is 8.42 Å². The molecule has 31 heavy (non-hydrogen) atoms. The monoisotopic (exact) mass is 441 g/mol. The summed E-state index contributed by atoms with van der Waals surface area (Å²) in [4.78, 5) is 13.7. The minimum absolute atomic E-state index is 0.156. The second-order valence-corrected chi connectivity index (χ2v) is 11.0. The Balaban J connectivity index is 1.52. The SMILES string of the molecule is Cn1ccc(NC(=O)/C(=C/C2CCOC2)c2ccc(S(=O)(=O)C3CC3)c(C3CC3)c2)n1. The molecule has 1 aliphatic heterocycles. The lowest BCUT2D eigenvalue weighted by atomic mass is 9.96. The molecule has 5 rings (SSSR count). The highest BCUT2D eigenvalue weighted by Gasteiger charge is 2.40. The summed E-state index contributed by atoms with van der Waals surface area (Å²) in [5.41, 5.74) is 2.15. The molecule has 8 heteroatoms. The third kappa shape index (κ3) is 4.32. The Morgan fingerprint density at radius 1 is 1.19 bits per heavy atom. The van der Waals surface area contributed by atoms with Gasteiger partial charge in [0.25, 0.3) is 5.91 Å². The lowest BCUT2D eigenvalue weighted by molar-refractivity contribution is -0.111. The minimum Gasteiger partial charge on any atom is -0.381 e. The number of anilines is 1. The third-order valence-electron chi connectivity index (χ3n) is 6.17. The Kier molecular flexibility index (Phi) is 5.22. The molecule has 2 aromatic rings. The molecule has 3 aliphatic rings. The number of carbonyl (C=O) groups is 1. The van der Waals surface area contributed by atoms with Gasteiger partial charge in [0, 0.05) is 37.4 Å². The van der Waals surface area contributed by atoms with Crippen molar-refractivity contribution in [3.8, 4) is 0 Å². The fraction of sp³-hybridized carbons (Fsp3) is 0.478. The third-order valence-corrected chi connectivity index (χ3v) is 8.51. The van der Waals surface area contributed by atoms with Crippen molar-refractivity contribution < 1.29 is 17.9 Å². The summed E-state index contributed by atoms with van der Waals surface area (Å²) in [6, 6.07) is 7.16. The topological polar surface area (TPSA) is 90.3 Å². The van der Waals surface area contributed by atoms with Crippen LogP contribution in [0.25, 0.3) is 5.57 Å².